The van der Waals surface area contributed by atoms with Crippen molar-refractivity contribution in [2.24, 2.45) is 5.10 Å². The number of hydrogen-bond acceptors (Lipinski definition) is 6. The van der Waals surface area contributed by atoms with Gasteiger partial charge in [0, 0.05) is 26.6 Å². The van der Waals surface area contributed by atoms with Crippen LogP contribution in [0.4, 0.5) is 5.13 Å². The molecule has 1 N–H and O–H groups in total. The molecular formula is C25H20Cl3N3O2S. The van der Waals surface area contributed by atoms with Crippen LogP contribution in [-0.4, -0.2) is 17.8 Å². The number of ether oxygens (including phenoxy) is 2. The van der Waals surface area contributed by atoms with E-state index in [1.807, 2.05) is 60.8 Å². The third-order valence-corrected chi connectivity index (χ3v) is 6.36. The summed E-state index contributed by atoms with van der Waals surface area (Å²) in [5.74, 6) is 1.27. The molecule has 0 saturated carbocycles. The number of nitrogens with zero attached hydrogens (tertiary/aromatic N) is 2. The van der Waals surface area contributed by atoms with E-state index in [0.29, 0.717) is 44.9 Å². The van der Waals surface area contributed by atoms with Gasteiger partial charge in [-0.25, -0.2) is 4.98 Å². The van der Waals surface area contributed by atoms with E-state index in [-0.39, 0.29) is 0 Å². The minimum atomic E-state index is 0.346. The lowest BCUT2D eigenvalue weighted by Gasteiger charge is -2.13. The highest BCUT2D eigenvalue weighted by Crippen LogP contribution is 2.33. The molecule has 0 atom stereocenters. The molecule has 9 heteroatoms. The van der Waals surface area contributed by atoms with Crippen molar-refractivity contribution < 1.29 is 9.47 Å². The zero-order chi connectivity index (χ0) is 23.9. The second-order valence-corrected chi connectivity index (χ2v) is 9.16. The first-order valence-electron chi connectivity index (χ1n) is 10.4. The molecule has 5 nitrogen and oxygen atoms in total. The zero-order valence-electron chi connectivity index (χ0n) is 18.1. The largest absolute Gasteiger partial charge is 0.490 e. The number of thiazole rings is 1. The number of rotatable bonds is 9. The number of hydrazone groups is 1. The van der Waals surface area contributed by atoms with Crippen LogP contribution in [0.25, 0.3) is 11.3 Å². The topological polar surface area (TPSA) is 55.7 Å². The molecule has 174 valence electrons. The summed E-state index contributed by atoms with van der Waals surface area (Å²) in [5.41, 5.74) is 6.27. The highest BCUT2D eigenvalue weighted by atomic mass is 35.5. The van der Waals surface area contributed by atoms with Gasteiger partial charge in [-0.1, -0.05) is 53.0 Å². The molecule has 0 aliphatic heterocycles. The maximum atomic E-state index is 6.28. The molecule has 4 rings (SSSR count). The van der Waals surface area contributed by atoms with Crippen LogP contribution in [0.2, 0.25) is 15.1 Å². The Balaban J connectivity index is 1.42. The average molecular weight is 533 g/mol. The van der Waals surface area contributed by atoms with Crippen LogP contribution in [-0.2, 0) is 6.61 Å². The Morgan fingerprint density at radius 3 is 2.62 bits per heavy atom. The summed E-state index contributed by atoms with van der Waals surface area (Å²) in [6, 6.07) is 18.5. The van der Waals surface area contributed by atoms with E-state index < -0.39 is 0 Å². The molecule has 0 aliphatic rings. The predicted molar refractivity (Wildman–Crippen MR) is 142 cm³/mol. The van der Waals surface area contributed by atoms with Gasteiger partial charge in [-0.15, -0.1) is 11.3 Å². The van der Waals surface area contributed by atoms with E-state index in [9.17, 15) is 0 Å². The standard InChI is InChI=1S/C25H20Cl3N3O2S/c1-2-32-24-11-16(7-10-23(24)33-14-17-5-3-4-6-20(17)27)13-29-31-25-30-22(15-34-25)19-9-8-18(26)12-21(19)28/h3-13,15H,2,14H2,1H3,(H,30,31)/b29-13+. The Kier molecular flexibility index (Phi) is 8.29. The average Bonchev–Trinajstić information content (AvgIpc) is 3.28. The number of nitrogens with one attached hydrogen (secondary N) is 1. The highest BCUT2D eigenvalue weighted by molar-refractivity contribution is 7.14. The Hall–Kier alpha value is -2.77. The molecule has 1 heterocycles. The molecule has 0 bridgehead atoms. The molecule has 0 saturated heterocycles. The van der Waals surface area contributed by atoms with E-state index in [0.717, 1.165) is 22.4 Å². The van der Waals surface area contributed by atoms with Gasteiger partial charge in [-0.2, -0.15) is 5.10 Å². The van der Waals surface area contributed by atoms with Gasteiger partial charge in [0.15, 0.2) is 11.5 Å². The molecule has 0 aliphatic carbocycles. The summed E-state index contributed by atoms with van der Waals surface area (Å²) in [4.78, 5) is 4.53. The molecule has 3 aromatic carbocycles. The first-order chi connectivity index (χ1) is 16.5. The van der Waals surface area contributed by atoms with E-state index in [4.69, 9.17) is 44.3 Å². The normalized spacial score (nSPS) is 11.1. The van der Waals surface area contributed by atoms with Crippen LogP contribution in [0.1, 0.15) is 18.1 Å². The minimum Gasteiger partial charge on any atom is -0.490 e. The smallest absolute Gasteiger partial charge is 0.203 e. The van der Waals surface area contributed by atoms with Crippen molar-refractivity contribution >= 4 is 57.5 Å². The molecule has 0 spiro atoms. The molecule has 4 aromatic rings. The Morgan fingerprint density at radius 2 is 1.82 bits per heavy atom. The van der Waals surface area contributed by atoms with E-state index in [1.54, 1.807) is 18.3 Å². The van der Waals surface area contributed by atoms with Crippen molar-refractivity contribution in [2.45, 2.75) is 13.5 Å². The number of benzene rings is 3. The SMILES string of the molecule is CCOc1cc(/C=N/Nc2nc(-c3ccc(Cl)cc3Cl)cs2)ccc1OCc1ccccc1Cl. The molecule has 0 amide bonds. The third-order valence-electron chi connectivity index (χ3n) is 4.69. The maximum Gasteiger partial charge on any atom is 0.203 e. The van der Waals surface area contributed by atoms with Crippen molar-refractivity contribution in [3.05, 3.63) is 92.2 Å². The lowest BCUT2D eigenvalue weighted by molar-refractivity contribution is 0.269. The number of aromatic nitrogens is 1. The van der Waals surface area contributed by atoms with Gasteiger partial charge in [0.05, 0.1) is 23.5 Å². The van der Waals surface area contributed by atoms with Gasteiger partial charge in [0.1, 0.15) is 6.61 Å². The van der Waals surface area contributed by atoms with Gasteiger partial charge in [0.2, 0.25) is 5.13 Å². The second kappa shape index (κ2) is 11.6. The van der Waals surface area contributed by atoms with Crippen LogP contribution in [0.5, 0.6) is 11.5 Å². The van der Waals surface area contributed by atoms with Crippen molar-refractivity contribution in [1.29, 1.82) is 0 Å². The fraction of sp³-hybridized carbons (Fsp3) is 0.120. The van der Waals surface area contributed by atoms with E-state index in [1.165, 1.54) is 11.3 Å². The summed E-state index contributed by atoms with van der Waals surface area (Å²) >= 11 is 19.9. The minimum absolute atomic E-state index is 0.346. The molecule has 34 heavy (non-hydrogen) atoms. The lowest BCUT2D eigenvalue weighted by atomic mass is 10.2. The van der Waals surface area contributed by atoms with Gasteiger partial charge in [-0.05, 0) is 55.0 Å². The number of anilines is 1. The number of halogens is 3. The van der Waals surface area contributed by atoms with Crippen LogP contribution in [0, 0.1) is 0 Å². The molecule has 1 aromatic heterocycles. The summed E-state index contributed by atoms with van der Waals surface area (Å²) in [7, 11) is 0. The molecule has 0 unspecified atom stereocenters. The van der Waals surface area contributed by atoms with Crippen LogP contribution >= 0.6 is 46.1 Å². The van der Waals surface area contributed by atoms with E-state index in [2.05, 4.69) is 15.5 Å². The predicted octanol–water partition coefficient (Wildman–Crippen LogP) is 8.19. The Morgan fingerprint density at radius 1 is 0.971 bits per heavy atom. The summed E-state index contributed by atoms with van der Waals surface area (Å²) in [6.07, 6.45) is 1.69. The van der Waals surface area contributed by atoms with Crippen molar-refractivity contribution in [3.63, 3.8) is 0 Å². The number of hydrogen-bond donors (Lipinski definition) is 1. The summed E-state index contributed by atoms with van der Waals surface area (Å²) in [6.45, 7) is 2.78. The first-order valence-corrected chi connectivity index (χ1v) is 12.4. The Labute approximate surface area is 216 Å². The van der Waals surface area contributed by atoms with Gasteiger partial charge in [0.25, 0.3) is 0 Å². The Bertz CT molecular complexity index is 1310. The zero-order valence-corrected chi connectivity index (χ0v) is 21.2. The van der Waals surface area contributed by atoms with Gasteiger partial charge in [-0.3, -0.25) is 5.43 Å². The first kappa shape index (κ1) is 24.4. The molecule has 0 fully saturated rings. The van der Waals surface area contributed by atoms with Crippen molar-refractivity contribution in [3.8, 4) is 22.8 Å². The van der Waals surface area contributed by atoms with Crippen molar-refractivity contribution in [1.82, 2.24) is 4.98 Å². The third kappa shape index (κ3) is 6.21. The van der Waals surface area contributed by atoms with Crippen LogP contribution in [0.3, 0.4) is 0 Å². The van der Waals surface area contributed by atoms with Gasteiger partial charge < -0.3 is 9.47 Å². The highest BCUT2D eigenvalue weighted by Gasteiger charge is 2.10. The van der Waals surface area contributed by atoms with E-state index >= 15 is 0 Å². The molecule has 0 radical (unpaired) electrons. The monoisotopic (exact) mass is 531 g/mol. The fourth-order valence-corrected chi connectivity index (χ4v) is 4.43. The fourth-order valence-electron chi connectivity index (χ4n) is 3.07. The quantitative estimate of drug-likeness (QED) is 0.174. The second-order valence-electron chi connectivity index (χ2n) is 7.05. The van der Waals surface area contributed by atoms with Crippen molar-refractivity contribution in [2.75, 3.05) is 12.0 Å². The maximum absolute atomic E-state index is 6.28. The van der Waals surface area contributed by atoms with Crippen LogP contribution < -0.4 is 14.9 Å². The van der Waals surface area contributed by atoms with Crippen LogP contribution in [0.15, 0.2) is 71.1 Å². The lowest BCUT2D eigenvalue weighted by Crippen LogP contribution is -2.01. The molecular weight excluding hydrogens is 513 g/mol. The summed E-state index contributed by atoms with van der Waals surface area (Å²) < 4.78 is 11.7. The van der Waals surface area contributed by atoms with Gasteiger partial charge >= 0.3 is 0 Å². The summed E-state index contributed by atoms with van der Waals surface area (Å²) in [5, 5.41) is 8.64.